The van der Waals surface area contributed by atoms with Gasteiger partial charge in [0.15, 0.2) is 5.96 Å². The topological polar surface area (TPSA) is 99.7 Å². The number of anilines is 1. The van der Waals surface area contributed by atoms with Crippen LogP contribution in [0.4, 0.5) is 5.69 Å². The molecular formula is C17H21IN4O2. The van der Waals surface area contributed by atoms with E-state index in [9.17, 15) is 9.90 Å². The lowest BCUT2D eigenvalue weighted by Gasteiger charge is -2.07. The largest absolute Gasteiger partial charge is 0.508 e. The average molecular weight is 440 g/mol. The normalized spacial score (nSPS) is 10.6. The van der Waals surface area contributed by atoms with Crippen LogP contribution < -0.4 is 16.4 Å². The fourth-order valence-electron chi connectivity index (χ4n) is 1.88. The molecule has 128 valence electrons. The van der Waals surface area contributed by atoms with Crippen molar-refractivity contribution in [3.8, 4) is 5.75 Å². The zero-order valence-corrected chi connectivity index (χ0v) is 15.7. The molecule has 0 aliphatic carbocycles. The second kappa shape index (κ2) is 9.76. The minimum absolute atomic E-state index is 0. The lowest BCUT2D eigenvalue weighted by atomic mass is 10.2. The molecule has 7 heteroatoms. The van der Waals surface area contributed by atoms with Gasteiger partial charge in [0.1, 0.15) is 5.75 Å². The zero-order valence-electron chi connectivity index (χ0n) is 13.3. The predicted molar refractivity (Wildman–Crippen MR) is 107 cm³/mol. The van der Waals surface area contributed by atoms with Crippen LogP contribution in [0.5, 0.6) is 5.75 Å². The van der Waals surface area contributed by atoms with Crippen LogP contribution in [0.1, 0.15) is 15.9 Å². The van der Waals surface area contributed by atoms with Crippen molar-refractivity contribution < 1.29 is 9.90 Å². The van der Waals surface area contributed by atoms with Crippen LogP contribution in [-0.2, 0) is 0 Å². The lowest BCUT2D eigenvalue weighted by Crippen LogP contribution is -2.28. The maximum atomic E-state index is 11.8. The molecule has 1 amide bonds. The first-order valence-electron chi connectivity index (χ1n) is 7.25. The van der Waals surface area contributed by atoms with Gasteiger partial charge in [-0.1, -0.05) is 17.7 Å². The number of nitrogens with two attached hydrogens (primary N) is 1. The molecule has 6 nitrogen and oxygen atoms in total. The molecule has 2 rings (SSSR count). The van der Waals surface area contributed by atoms with Gasteiger partial charge in [-0.25, -0.2) is 0 Å². The highest BCUT2D eigenvalue weighted by Crippen LogP contribution is 2.09. The lowest BCUT2D eigenvalue weighted by molar-refractivity contribution is 0.0955. The van der Waals surface area contributed by atoms with E-state index in [0.717, 1.165) is 5.69 Å². The third-order valence-corrected chi connectivity index (χ3v) is 3.13. The molecule has 0 saturated carbocycles. The molecule has 24 heavy (non-hydrogen) atoms. The molecule has 0 saturated heterocycles. The summed E-state index contributed by atoms with van der Waals surface area (Å²) in [4.78, 5) is 16.0. The van der Waals surface area contributed by atoms with E-state index >= 15 is 0 Å². The SMILES string of the molecule is Cc1ccc(NC(N)=NCCNC(=O)c2ccc(O)cc2)cc1.I. The Morgan fingerprint density at radius 1 is 1.12 bits per heavy atom. The molecule has 0 aliphatic heterocycles. The van der Waals surface area contributed by atoms with Crippen LogP contribution in [0.25, 0.3) is 0 Å². The van der Waals surface area contributed by atoms with E-state index < -0.39 is 0 Å². The molecule has 2 aromatic rings. The molecule has 0 bridgehead atoms. The number of hydrogen-bond donors (Lipinski definition) is 4. The van der Waals surface area contributed by atoms with Gasteiger partial charge < -0.3 is 21.5 Å². The number of nitrogens with one attached hydrogen (secondary N) is 2. The molecule has 0 aromatic heterocycles. The van der Waals surface area contributed by atoms with E-state index in [-0.39, 0.29) is 35.6 Å². The molecular weight excluding hydrogens is 419 g/mol. The smallest absolute Gasteiger partial charge is 0.251 e. The van der Waals surface area contributed by atoms with Crippen molar-refractivity contribution in [3.05, 3.63) is 59.7 Å². The van der Waals surface area contributed by atoms with E-state index in [1.807, 2.05) is 31.2 Å². The van der Waals surface area contributed by atoms with Crippen LogP contribution in [0.15, 0.2) is 53.5 Å². The van der Waals surface area contributed by atoms with Gasteiger partial charge in [-0.2, -0.15) is 0 Å². The Labute approximate surface area is 158 Å². The Balaban J connectivity index is 0.00000288. The van der Waals surface area contributed by atoms with E-state index in [2.05, 4.69) is 15.6 Å². The quantitative estimate of drug-likeness (QED) is 0.249. The summed E-state index contributed by atoms with van der Waals surface area (Å²) in [6, 6.07) is 13.9. The molecule has 0 spiro atoms. The average Bonchev–Trinajstić information content (AvgIpc) is 2.54. The second-order valence-corrected chi connectivity index (χ2v) is 5.06. The standard InChI is InChI=1S/C17H20N4O2.HI/c1-12-2-6-14(7-3-12)21-17(18)20-11-10-19-16(23)13-4-8-15(22)9-5-13;/h2-9,22H,10-11H2,1H3,(H,19,23)(H3,18,20,21);1H. The predicted octanol–water partition coefficient (Wildman–Crippen LogP) is 2.48. The van der Waals surface area contributed by atoms with Crippen LogP contribution in [0, 0.1) is 6.92 Å². The number of aryl methyl sites for hydroxylation is 1. The summed E-state index contributed by atoms with van der Waals surface area (Å²) in [5.74, 6) is 0.208. The van der Waals surface area contributed by atoms with Crippen molar-refractivity contribution in [1.82, 2.24) is 5.32 Å². The maximum absolute atomic E-state index is 11.8. The first kappa shape index (κ1) is 19.8. The number of rotatable bonds is 5. The summed E-state index contributed by atoms with van der Waals surface area (Å²) in [6.45, 7) is 2.75. The number of phenols is 1. The number of aromatic hydroxyl groups is 1. The summed E-state index contributed by atoms with van der Waals surface area (Å²) in [5, 5.41) is 14.9. The Bertz CT molecular complexity index is 685. The molecule has 0 heterocycles. The first-order valence-corrected chi connectivity index (χ1v) is 7.25. The highest BCUT2D eigenvalue weighted by atomic mass is 127. The number of carbonyl (C=O) groups is 1. The van der Waals surface area contributed by atoms with Gasteiger partial charge in [-0.15, -0.1) is 24.0 Å². The summed E-state index contributed by atoms with van der Waals surface area (Å²) in [6.07, 6.45) is 0. The first-order chi connectivity index (χ1) is 11.0. The summed E-state index contributed by atoms with van der Waals surface area (Å²) < 4.78 is 0. The van der Waals surface area contributed by atoms with Gasteiger partial charge in [0, 0.05) is 17.8 Å². The molecule has 0 atom stereocenters. The molecule has 0 radical (unpaired) electrons. The van der Waals surface area contributed by atoms with Gasteiger partial charge in [0.2, 0.25) is 0 Å². The number of halogens is 1. The van der Waals surface area contributed by atoms with Crippen molar-refractivity contribution in [2.24, 2.45) is 10.7 Å². The van der Waals surface area contributed by atoms with Gasteiger partial charge >= 0.3 is 0 Å². The Hall–Kier alpha value is -2.29. The van der Waals surface area contributed by atoms with Crippen LogP contribution >= 0.6 is 24.0 Å². The minimum atomic E-state index is -0.217. The molecule has 5 N–H and O–H groups in total. The Morgan fingerprint density at radius 2 is 1.75 bits per heavy atom. The zero-order chi connectivity index (χ0) is 16.7. The van der Waals surface area contributed by atoms with Crippen molar-refractivity contribution in [3.63, 3.8) is 0 Å². The summed E-state index contributed by atoms with van der Waals surface area (Å²) in [7, 11) is 0. The van der Waals surface area contributed by atoms with E-state index in [1.165, 1.54) is 17.7 Å². The van der Waals surface area contributed by atoms with Gasteiger partial charge in [-0.05, 0) is 43.3 Å². The fraction of sp³-hybridized carbons (Fsp3) is 0.176. The number of aliphatic imine (C=N–C) groups is 1. The minimum Gasteiger partial charge on any atom is -0.508 e. The van der Waals surface area contributed by atoms with Gasteiger partial charge in [-0.3, -0.25) is 9.79 Å². The number of hydrogen-bond acceptors (Lipinski definition) is 3. The molecule has 0 unspecified atom stereocenters. The highest BCUT2D eigenvalue weighted by Gasteiger charge is 2.03. The van der Waals surface area contributed by atoms with Gasteiger partial charge in [0.25, 0.3) is 5.91 Å². The number of carbonyl (C=O) groups excluding carboxylic acids is 1. The van der Waals surface area contributed by atoms with E-state index in [0.29, 0.717) is 24.6 Å². The van der Waals surface area contributed by atoms with Crippen molar-refractivity contribution >= 4 is 41.5 Å². The third-order valence-electron chi connectivity index (χ3n) is 3.13. The van der Waals surface area contributed by atoms with Gasteiger partial charge in [0.05, 0.1) is 6.54 Å². The number of guanidine groups is 1. The van der Waals surface area contributed by atoms with Crippen molar-refractivity contribution in [1.29, 1.82) is 0 Å². The van der Waals surface area contributed by atoms with Crippen molar-refractivity contribution in [2.45, 2.75) is 6.92 Å². The summed E-state index contributed by atoms with van der Waals surface area (Å²) in [5.41, 5.74) is 8.31. The number of amides is 1. The monoisotopic (exact) mass is 440 g/mol. The summed E-state index contributed by atoms with van der Waals surface area (Å²) >= 11 is 0. The Kier molecular flexibility index (Phi) is 8.03. The highest BCUT2D eigenvalue weighted by molar-refractivity contribution is 14.0. The van der Waals surface area contributed by atoms with Crippen molar-refractivity contribution in [2.75, 3.05) is 18.4 Å². The molecule has 2 aromatic carbocycles. The molecule has 0 fully saturated rings. The third kappa shape index (κ3) is 6.45. The van der Waals surface area contributed by atoms with Crippen LogP contribution in [0.3, 0.4) is 0 Å². The molecule has 0 aliphatic rings. The van der Waals surface area contributed by atoms with Crippen LogP contribution in [-0.4, -0.2) is 30.1 Å². The Morgan fingerprint density at radius 3 is 2.38 bits per heavy atom. The van der Waals surface area contributed by atoms with Crippen LogP contribution in [0.2, 0.25) is 0 Å². The number of benzene rings is 2. The van der Waals surface area contributed by atoms with E-state index in [1.54, 1.807) is 12.1 Å². The second-order valence-electron chi connectivity index (χ2n) is 5.06. The number of nitrogens with zero attached hydrogens (tertiary/aromatic N) is 1. The fourth-order valence-corrected chi connectivity index (χ4v) is 1.88. The maximum Gasteiger partial charge on any atom is 0.251 e. The van der Waals surface area contributed by atoms with E-state index in [4.69, 9.17) is 5.73 Å². The number of phenolic OH excluding ortho intramolecular Hbond substituents is 1.